The van der Waals surface area contributed by atoms with Gasteiger partial charge in [-0.1, -0.05) is 12.1 Å². The third-order valence-corrected chi connectivity index (χ3v) is 4.93. The van der Waals surface area contributed by atoms with Crippen LogP contribution < -0.4 is 15.6 Å². The van der Waals surface area contributed by atoms with E-state index >= 15 is 0 Å². The SMILES string of the molecule is C[N+](C)(C)NCC(O)COc1ccc2c(=O)c3ccccc3sc2c1.Cl. The van der Waals surface area contributed by atoms with Crippen molar-refractivity contribution in [2.45, 2.75) is 6.10 Å². The van der Waals surface area contributed by atoms with E-state index in [1.165, 1.54) is 0 Å². The minimum absolute atomic E-state index is 0. The second-order valence-electron chi connectivity index (χ2n) is 6.92. The van der Waals surface area contributed by atoms with Crippen molar-refractivity contribution < 1.29 is 14.4 Å². The third-order valence-electron chi connectivity index (χ3n) is 3.79. The Bertz CT molecular complexity index is 953. The van der Waals surface area contributed by atoms with E-state index < -0.39 is 6.10 Å². The summed E-state index contributed by atoms with van der Waals surface area (Å²) in [4.78, 5) is 12.6. The Morgan fingerprint density at radius 3 is 2.54 bits per heavy atom. The van der Waals surface area contributed by atoms with E-state index in [4.69, 9.17) is 4.74 Å². The molecule has 1 atom stereocenters. The molecule has 0 aliphatic carbocycles. The third kappa shape index (κ3) is 4.93. The normalized spacial score (nSPS) is 12.8. The maximum Gasteiger partial charge on any atom is 0.195 e. The van der Waals surface area contributed by atoms with E-state index in [0.29, 0.717) is 22.3 Å². The summed E-state index contributed by atoms with van der Waals surface area (Å²) in [6, 6.07) is 13.1. The molecular formula is C19H24ClN2O3S+. The molecule has 7 heteroatoms. The summed E-state index contributed by atoms with van der Waals surface area (Å²) in [5.41, 5.74) is 3.23. The fraction of sp³-hybridized carbons (Fsp3) is 0.316. The highest BCUT2D eigenvalue weighted by atomic mass is 35.5. The average molecular weight is 396 g/mol. The number of nitrogens with one attached hydrogen (secondary N) is 1. The van der Waals surface area contributed by atoms with Crippen molar-refractivity contribution in [3.63, 3.8) is 0 Å². The van der Waals surface area contributed by atoms with Gasteiger partial charge in [-0.05, 0) is 30.3 Å². The van der Waals surface area contributed by atoms with E-state index in [-0.39, 0.29) is 24.4 Å². The molecule has 0 fully saturated rings. The molecule has 2 N–H and O–H groups in total. The fourth-order valence-electron chi connectivity index (χ4n) is 2.50. The summed E-state index contributed by atoms with van der Waals surface area (Å²) in [6.45, 7) is 0.635. The van der Waals surface area contributed by atoms with Gasteiger partial charge in [0.05, 0.1) is 27.7 Å². The van der Waals surface area contributed by atoms with Gasteiger partial charge < -0.3 is 9.84 Å². The molecular weight excluding hydrogens is 372 g/mol. The number of quaternary nitrogens is 1. The van der Waals surface area contributed by atoms with Crippen LogP contribution in [0.5, 0.6) is 5.75 Å². The van der Waals surface area contributed by atoms with Crippen LogP contribution in [0.15, 0.2) is 47.3 Å². The standard InChI is InChI=1S/C19H23N2O3S.ClH/c1-21(2,3)20-11-13(22)12-24-14-8-9-16-18(10-14)25-17-7-5-4-6-15(17)19(16)23;/h4-10,13,20,22H,11-12H2,1-3H3;1H/q+1;. The summed E-state index contributed by atoms with van der Waals surface area (Å²) in [6.07, 6.45) is -0.608. The van der Waals surface area contributed by atoms with E-state index in [9.17, 15) is 9.90 Å². The van der Waals surface area contributed by atoms with E-state index in [0.717, 1.165) is 14.8 Å². The molecule has 0 saturated heterocycles. The molecule has 0 bridgehead atoms. The van der Waals surface area contributed by atoms with Gasteiger partial charge in [0.25, 0.3) is 0 Å². The maximum absolute atomic E-state index is 12.6. The van der Waals surface area contributed by atoms with Crippen molar-refractivity contribution >= 4 is 43.9 Å². The molecule has 2 aromatic carbocycles. The van der Waals surface area contributed by atoms with Gasteiger partial charge in [-0.2, -0.15) is 5.43 Å². The van der Waals surface area contributed by atoms with Gasteiger partial charge in [0.2, 0.25) is 0 Å². The van der Waals surface area contributed by atoms with Crippen molar-refractivity contribution in [3.8, 4) is 5.75 Å². The summed E-state index contributed by atoms with van der Waals surface area (Å²) >= 11 is 1.57. The Hall–Kier alpha value is -1.70. The lowest BCUT2D eigenvalue weighted by Gasteiger charge is -2.25. The molecule has 0 saturated carbocycles. The van der Waals surface area contributed by atoms with Crippen molar-refractivity contribution in [2.24, 2.45) is 0 Å². The predicted molar refractivity (Wildman–Crippen MR) is 110 cm³/mol. The zero-order chi connectivity index (χ0) is 18.0. The number of nitrogens with zero attached hydrogens (tertiary/aromatic N) is 1. The first kappa shape index (κ1) is 20.6. The van der Waals surface area contributed by atoms with E-state index in [2.05, 4.69) is 5.43 Å². The largest absolute Gasteiger partial charge is 0.491 e. The number of aliphatic hydroxyl groups is 1. The molecule has 0 spiro atoms. The highest BCUT2D eigenvalue weighted by Crippen LogP contribution is 2.27. The summed E-state index contributed by atoms with van der Waals surface area (Å²) in [5, 5.41) is 11.5. The summed E-state index contributed by atoms with van der Waals surface area (Å²) in [7, 11) is 5.97. The van der Waals surface area contributed by atoms with Gasteiger partial charge in [-0.15, -0.1) is 23.7 Å². The smallest absolute Gasteiger partial charge is 0.195 e. The Balaban J connectivity index is 0.00000243. The lowest BCUT2D eigenvalue weighted by molar-refractivity contribution is -0.915. The van der Waals surface area contributed by atoms with Gasteiger partial charge in [-0.25, -0.2) is 0 Å². The highest BCUT2D eigenvalue weighted by molar-refractivity contribution is 7.24. The van der Waals surface area contributed by atoms with Crippen molar-refractivity contribution in [3.05, 3.63) is 52.7 Å². The quantitative estimate of drug-likeness (QED) is 0.383. The number of fused-ring (bicyclic) bond motifs is 2. The van der Waals surface area contributed by atoms with E-state index in [1.54, 1.807) is 23.5 Å². The number of hydrogen-bond acceptors (Lipinski definition) is 5. The van der Waals surface area contributed by atoms with Crippen LogP contribution >= 0.6 is 23.7 Å². The van der Waals surface area contributed by atoms with Gasteiger partial charge in [0.1, 0.15) is 18.5 Å². The fourth-order valence-corrected chi connectivity index (χ4v) is 3.60. The van der Waals surface area contributed by atoms with Crippen molar-refractivity contribution in [2.75, 3.05) is 34.3 Å². The monoisotopic (exact) mass is 395 g/mol. The molecule has 5 nitrogen and oxygen atoms in total. The highest BCUT2D eigenvalue weighted by Gasteiger charge is 2.12. The molecule has 140 valence electrons. The van der Waals surface area contributed by atoms with Gasteiger partial charge >= 0.3 is 0 Å². The summed E-state index contributed by atoms with van der Waals surface area (Å²) < 4.78 is 8.12. The second-order valence-corrected chi connectivity index (χ2v) is 8.01. The van der Waals surface area contributed by atoms with Crippen LogP contribution in [0.25, 0.3) is 20.2 Å². The minimum atomic E-state index is -0.608. The van der Waals surface area contributed by atoms with Gasteiger partial charge in [0, 0.05) is 20.2 Å². The lowest BCUT2D eigenvalue weighted by Crippen LogP contribution is -2.51. The Morgan fingerprint density at radius 2 is 1.81 bits per heavy atom. The predicted octanol–water partition coefficient (Wildman–Crippen LogP) is 2.79. The maximum atomic E-state index is 12.6. The Labute approximate surface area is 162 Å². The van der Waals surface area contributed by atoms with Crippen LogP contribution in [0.4, 0.5) is 0 Å². The minimum Gasteiger partial charge on any atom is -0.491 e. The molecule has 1 heterocycles. The van der Waals surface area contributed by atoms with Crippen molar-refractivity contribution in [1.82, 2.24) is 5.43 Å². The summed E-state index contributed by atoms with van der Waals surface area (Å²) in [5.74, 6) is 0.655. The molecule has 0 amide bonds. The molecule has 3 aromatic rings. The first-order valence-electron chi connectivity index (χ1n) is 8.16. The molecule has 0 radical (unpaired) electrons. The van der Waals surface area contributed by atoms with Crippen LogP contribution in [0.1, 0.15) is 0 Å². The number of benzene rings is 2. The molecule has 3 rings (SSSR count). The number of rotatable bonds is 6. The van der Waals surface area contributed by atoms with Crippen LogP contribution in [0.3, 0.4) is 0 Å². The topological polar surface area (TPSA) is 58.6 Å². The number of hydrogen-bond donors (Lipinski definition) is 2. The van der Waals surface area contributed by atoms with Gasteiger partial charge in [-0.3, -0.25) is 9.39 Å². The average Bonchev–Trinajstić information content (AvgIpc) is 2.57. The Morgan fingerprint density at radius 1 is 1.12 bits per heavy atom. The number of ether oxygens (including phenoxy) is 1. The number of aliphatic hydroxyl groups excluding tert-OH is 1. The zero-order valence-corrected chi connectivity index (χ0v) is 16.7. The van der Waals surface area contributed by atoms with Crippen LogP contribution in [0.2, 0.25) is 0 Å². The number of halogens is 1. The second kappa shape index (κ2) is 8.33. The molecule has 0 aliphatic heterocycles. The molecule has 1 aromatic heterocycles. The molecule has 1 unspecified atom stereocenters. The zero-order valence-electron chi connectivity index (χ0n) is 15.1. The molecule has 0 aliphatic rings. The van der Waals surface area contributed by atoms with Crippen LogP contribution in [-0.2, 0) is 0 Å². The van der Waals surface area contributed by atoms with Crippen LogP contribution in [-0.4, -0.2) is 50.1 Å². The Kier molecular flexibility index (Phi) is 6.60. The molecule has 26 heavy (non-hydrogen) atoms. The van der Waals surface area contributed by atoms with Gasteiger partial charge in [0.15, 0.2) is 5.43 Å². The van der Waals surface area contributed by atoms with E-state index in [1.807, 2.05) is 51.5 Å². The lowest BCUT2D eigenvalue weighted by atomic mass is 10.2. The van der Waals surface area contributed by atoms with Crippen molar-refractivity contribution in [1.29, 1.82) is 0 Å². The first-order chi connectivity index (χ1) is 11.8. The first-order valence-corrected chi connectivity index (χ1v) is 8.98. The van der Waals surface area contributed by atoms with Crippen LogP contribution in [0, 0.1) is 0 Å².